The molecular weight excluding hydrogens is 378 g/mol. The molecule has 0 saturated carbocycles. The Balaban J connectivity index is 1.71. The van der Waals surface area contributed by atoms with Crippen molar-refractivity contribution in [2.75, 3.05) is 0 Å². The van der Waals surface area contributed by atoms with Gasteiger partial charge in [0.05, 0.1) is 12.8 Å². The fraction of sp³-hybridized carbons (Fsp3) is 0.208. The third kappa shape index (κ3) is 5.23. The Morgan fingerprint density at radius 3 is 2.37 bits per heavy atom. The summed E-state index contributed by atoms with van der Waals surface area (Å²) >= 11 is 0. The molecule has 0 aliphatic heterocycles. The maximum atomic E-state index is 12.7. The number of phenols is 1. The lowest BCUT2D eigenvalue weighted by Gasteiger charge is -2.19. The molecule has 1 heterocycles. The molecule has 0 radical (unpaired) electrons. The number of aromatic hydroxyl groups is 1. The summed E-state index contributed by atoms with van der Waals surface area (Å²) in [5, 5.41) is 13.2. The van der Waals surface area contributed by atoms with Crippen molar-refractivity contribution in [3.8, 4) is 5.75 Å². The summed E-state index contributed by atoms with van der Waals surface area (Å²) in [6.07, 6.45) is 3.10. The first-order valence-electron chi connectivity index (χ1n) is 9.65. The second-order valence-corrected chi connectivity index (χ2v) is 8.09. The number of hydrogen-bond donors (Lipinski definition) is 2. The highest BCUT2D eigenvalue weighted by atomic mass is 16.3. The van der Waals surface area contributed by atoms with Gasteiger partial charge in [-0.25, -0.2) is 5.43 Å². The molecular formula is C24H25N3O3. The Morgan fingerprint density at radius 1 is 1.07 bits per heavy atom. The number of hydrogen-bond acceptors (Lipinski definition) is 4. The molecule has 0 bridgehead atoms. The zero-order valence-corrected chi connectivity index (χ0v) is 17.3. The smallest absolute Gasteiger partial charge is 0.276 e. The molecule has 2 N–H and O–H groups in total. The minimum atomic E-state index is -0.576. The van der Waals surface area contributed by atoms with E-state index < -0.39 is 5.91 Å². The van der Waals surface area contributed by atoms with Gasteiger partial charge in [-0.3, -0.25) is 9.59 Å². The number of nitrogens with zero attached hydrogens (tertiary/aromatic N) is 2. The summed E-state index contributed by atoms with van der Waals surface area (Å²) in [5.74, 6) is -0.429. The van der Waals surface area contributed by atoms with E-state index in [1.165, 1.54) is 34.5 Å². The van der Waals surface area contributed by atoms with Gasteiger partial charge in [0.1, 0.15) is 11.3 Å². The summed E-state index contributed by atoms with van der Waals surface area (Å²) in [5.41, 5.74) is 4.98. The first-order valence-corrected chi connectivity index (χ1v) is 9.65. The quantitative estimate of drug-likeness (QED) is 0.504. The van der Waals surface area contributed by atoms with E-state index in [2.05, 4.69) is 43.4 Å². The Bertz CT molecular complexity index is 1110. The summed E-state index contributed by atoms with van der Waals surface area (Å²) in [6.45, 7) is 6.83. The van der Waals surface area contributed by atoms with Crippen LogP contribution in [-0.4, -0.2) is 21.8 Å². The Hall–Kier alpha value is -3.67. The van der Waals surface area contributed by atoms with Crippen molar-refractivity contribution < 1.29 is 9.90 Å². The number of hydrazone groups is 1. The van der Waals surface area contributed by atoms with E-state index in [0.29, 0.717) is 12.1 Å². The van der Waals surface area contributed by atoms with Crippen LogP contribution in [0.2, 0.25) is 0 Å². The van der Waals surface area contributed by atoms with Gasteiger partial charge >= 0.3 is 0 Å². The van der Waals surface area contributed by atoms with Crippen LogP contribution in [-0.2, 0) is 12.0 Å². The fourth-order valence-corrected chi connectivity index (χ4v) is 2.93. The van der Waals surface area contributed by atoms with E-state index in [0.717, 1.165) is 5.56 Å². The van der Waals surface area contributed by atoms with Crippen molar-refractivity contribution in [3.63, 3.8) is 0 Å². The molecule has 3 rings (SSSR count). The zero-order valence-electron chi connectivity index (χ0n) is 17.3. The Kier molecular flexibility index (Phi) is 6.16. The third-order valence-electron chi connectivity index (χ3n) is 4.71. The molecule has 0 saturated heterocycles. The van der Waals surface area contributed by atoms with Gasteiger partial charge in [0, 0.05) is 6.20 Å². The first kappa shape index (κ1) is 21.0. The van der Waals surface area contributed by atoms with Crippen LogP contribution in [0, 0.1) is 0 Å². The van der Waals surface area contributed by atoms with Crippen LogP contribution >= 0.6 is 0 Å². The highest BCUT2D eigenvalue weighted by Gasteiger charge is 2.14. The molecule has 0 aliphatic rings. The number of nitrogens with one attached hydrogen (secondary N) is 1. The van der Waals surface area contributed by atoms with E-state index in [-0.39, 0.29) is 22.3 Å². The van der Waals surface area contributed by atoms with Crippen molar-refractivity contribution in [1.29, 1.82) is 0 Å². The van der Waals surface area contributed by atoms with Gasteiger partial charge in [-0.1, -0.05) is 45.0 Å². The number of pyridine rings is 1. The van der Waals surface area contributed by atoms with Gasteiger partial charge in [0.15, 0.2) is 0 Å². The molecule has 0 spiro atoms. The molecule has 6 nitrogen and oxygen atoms in total. The molecule has 0 fully saturated rings. The minimum absolute atomic E-state index is 0.0201. The fourth-order valence-electron chi connectivity index (χ4n) is 2.93. The van der Waals surface area contributed by atoms with Crippen LogP contribution in [0.1, 0.15) is 47.8 Å². The van der Waals surface area contributed by atoms with Crippen molar-refractivity contribution in [2.24, 2.45) is 5.10 Å². The minimum Gasteiger partial charge on any atom is -0.508 e. The number of phenolic OH excluding ortho intramolecular Hbond substituents is 1. The monoisotopic (exact) mass is 403 g/mol. The second kappa shape index (κ2) is 8.78. The zero-order chi connectivity index (χ0) is 21.7. The van der Waals surface area contributed by atoms with Gasteiger partial charge in [-0.2, -0.15) is 5.10 Å². The second-order valence-electron chi connectivity index (χ2n) is 8.09. The standard InChI is InChI=1S/C24H25N3O3/c1-24(2,3)19-10-6-18(7-11-19)16-27-14-4-5-21(23(27)30)22(29)26-25-15-17-8-12-20(28)13-9-17/h4-15,28H,16H2,1-3H3,(H,26,29)/b25-15-. The SMILES string of the molecule is CC(C)(C)c1ccc(Cn2cccc(C(=O)N/N=C\c3ccc(O)cc3)c2=O)cc1. The van der Waals surface area contributed by atoms with Crippen LogP contribution in [0.3, 0.4) is 0 Å². The number of amides is 1. The van der Waals surface area contributed by atoms with E-state index in [1.54, 1.807) is 24.4 Å². The predicted octanol–water partition coefficient (Wildman–Crippen LogP) is 3.66. The van der Waals surface area contributed by atoms with E-state index in [9.17, 15) is 14.7 Å². The van der Waals surface area contributed by atoms with Crippen LogP contribution < -0.4 is 11.0 Å². The maximum absolute atomic E-state index is 12.7. The molecule has 2 aromatic carbocycles. The molecule has 154 valence electrons. The van der Waals surface area contributed by atoms with Crippen LogP contribution in [0.15, 0.2) is 76.8 Å². The van der Waals surface area contributed by atoms with Gasteiger partial charge in [0.25, 0.3) is 11.5 Å². The van der Waals surface area contributed by atoms with Gasteiger partial charge in [-0.15, -0.1) is 0 Å². The number of carbonyl (C=O) groups is 1. The van der Waals surface area contributed by atoms with E-state index in [1.807, 2.05) is 12.1 Å². The topological polar surface area (TPSA) is 83.7 Å². The normalized spacial score (nSPS) is 11.6. The number of rotatable bonds is 5. The molecule has 0 unspecified atom stereocenters. The summed E-state index contributed by atoms with van der Waals surface area (Å²) in [4.78, 5) is 25.1. The average Bonchev–Trinajstić information content (AvgIpc) is 2.71. The summed E-state index contributed by atoms with van der Waals surface area (Å²) in [7, 11) is 0. The van der Waals surface area contributed by atoms with Crippen LogP contribution in [0.5, 0.6) is 5.75 Å². The number of benzene rings is 2. The molecule has 3 aromatic rings. The number of carbonyl (C=O) groups excluding carboxylic acids is 1. The maximum Gasteiger partial charge on any atom is 0.276 e. The highest BCUT2D eigenvalue weighted by Crippen LogP contribution is 2.22. The molecule has 0 atom stereocenters. The number of aromatic nitrogens is 1. The summed E-state index contributed by atoms with van der Waals surface area (Å²) in [6, 6.07) is 17.6. The van der Waals surface area contributed by atoms with Crippen molar-refractivity contribution in [1.82, 2.24) is 9.99 Å². The third-order valence-corrected chi connectivity index (χ3v) is 4.71. The van der Waals surface area contributed by atoms with Gasteiger partial charge in [0.2, 0.25) is 0 Å². The first-order chi connectivity index (χ1) is 14.2. The lowest BCUT2D eigenvalue weighted by molar-refractivity contribution is 0.0953. The van der Waals surface area contributed by atoms with Crippen molar-refractivity contribution in [2.45, 2.75) is 32.7 Å². The Morgan fingerprint density at radius 2 is 1.73 bits per heavy atom. The highest BCUT2D eigenvalue weighted by molar-refractivity contribution is 5.94. The predicted molar refractivity (Wildman–Crippen MR) is 118 cm³/mol. The van der Waals surface area contributed by atoms with Crippen molar-refractivity contribution in [3.05, 3.63) is 99.5 Å². The largest absolute Gasteiger partial charge is 0.508 e. The molecule has 1 amide bonds. The lowest BCUT2D eigenvalue weighted by Crippen LogP contribution is -2.30. The lowest BCUT2D eigenvalue weighted by atomic mass is 9.87. The summed E-state index contributed by atoms with van der Waals surface area (Å²) < 4.78 is 1.50. The van der Waals surface area contributed by atoms with Crippen LogP contribution in [0.4, 0.5) is 0 Å². The molecule has 30 heavy (non-hydrogen) atoms. The van der Waals surface area contributed by atoms with Crippen LogP contribution in [0.25, 0.3) is 0 Å². The van der Waals surface area contributed by atoms with Crippen molar-refractivity contribution >= 4 is 12.1 Å². The molecule has 6 heteroatoms. The molecule has 1 aromatic heterocycles. The molecule has 0 aliphatic carbocycles. The van der Waals surface area contributed by atoms with Gasteiger partial charge < -0.3 is 9.67 Å². The Labute approximate surface area is 175 Å². The van der Waals surface area contributed by atoms with Gasteiger partial charge in [-0.05, 0) is 58.5 Å². The average molecular weight is 403 g/mol. The van der Waals surface area contributed by atoms with E-state index in [4.69, 9.17) is 0 Å². The van der Waals surface area contributed by atoms with E-state index >= 15 is 0 Å².